The van der Waals surface area contributed by atoms with Gasteiger partial charge in [0.15, 0.2) is 6.10 Å². The van der Waals surface area contributed by atoms with Crippen LogP contribution in [0.5, 0.6) is 5.75 Å². The minimum Gasteiger partial charge on any atom is -0.496 e. The number of methoxy groups -OCH3 is 1. The van der Waals surface area contributed by atoms with Gasteiger partial charge in [-0.1, -0.05) is 36.4 Å². The number of ether oxygens (including phenoxy) is 4. The molecule has 0 spiro atoms. The van der Waals surface area contributed by atoms with Crippen LogP contribution in [0.4, 0.5) is 9.59 Å². The Morgan fingerprint density at radius 1 is 1.15 bits per heavy atom. The van der Waals surface area contributed by atoms with E-state index >= 15 is 0 Å². The standard InChI is InChI=1S/C29H38N2O8/c1-18(2)38-25(26(33)31-22(17-37-28(31)35)14-19-10-8-7-9-11-19)24(32)20-12-13-23(36-6)21(15-20)16-30-27(34)39-29(3,4)5/h7-13,15,18,22,24-25,32H,14,16-17H2,1-6H3,(H,30,34)/t22-,24?,25?/m0/s1. The highest BCUT2D eigenvalue weighted by molar-refractivity contribution is 5.96. The molecule has 2 aromatic rings. The Hall–Kier alpha value is -3.63. The van der Waals surface area contributed by atoms with Crippen LogP contribution in [0.25, 0.3) is 0 Å². The van der Waals surface area contributed by atoms with Crippen molar-refractivity contribution in [2.24, 2.45) is 0 Å². The monoisotopic (exact) mass is 542 g/mol. The predicted octanol–water partition coefficient (Wildman–Crippen LogP) is 4.14. The number of carbonyl (C=O) groups excluding carboxylic acids is 3. The van der Waals surface area contributed by atoms with E-state index in [-0.39, 0.29) is 13.2 Å². The number of imide groups is 1. The number of aliphatic hydroxyl groups is 1. The van der Waals surface area contributed by atoms with Gasteiger partial charge in [0.05, 0.1) is 19.3 Å². The summed E-state index contributed by atoms with van der Waals surface area (Å²) >= 11 is 0. The summed E-state index contributed by atoms with van der Waals surface area (Å²) in [5.41, 5.74) is 1.18. The second kappa shape index (κ2) is 12.9. The first-order valence-electron chi connectivity index (χ1n) is 12.9. The fraction of sp³-hybridized carbons (Fsp3) is 0.483. The van der Waals surface area contributed by atoms with E-state index in [0.717, 1.165) is 10.5 Å². The molecule has 10 nitrogen and oxygen atoms in total. The lowest BCUT2D eigenvalue weighted by atomic mass is 9.99. The third kappa shape index (κ3) is 8.18. The molecule has 1 heterocycles. The van der Waals surface area contributed by atoms with Crippen LogP contribution >= 0.6 is 0 Å². The summed E-state index contributed by atoms with van der Waals surface area (Å²) in [6.45, 7) is 8.86. The summed E-state index contributed by atoms with van der Waals surface area (Å²) in [5.74, 6) is -0.218. The van der Waals surface area contributed by atoms with Gasteiger partial charge in [-0.25, -0.2) is 14.5 Å². The molecule has 0 radical (unpaired) electrons. The lowest BCUT2D eigenvalue weighted by Crippen LogP contribution is -2.49. The lowest BCUT2D eigenvalue weighted by molar-refractivity contribution is -0.154. The molecule has 3 atom stereocenters. The number of alkyl carbamates (subject to hydrolysis) is 1. The van der Waals surface area contributed by atoms with E-state index < -0.39 is 48.0 Å². The summed E-state index contributed by atoms with van der Waals surface area (Å²) < 4.78 is 21.8. The number of cyclic esters (lactones) is 1. The zero-order valence-corrected chi connectivity index (χ0v) is 23.3. The molecule has 1 aliphatic rings. The van der Waals surface area contributed by atoms with Gasteiger partial charge in [-0.3, -0.25) is 4.79 Å². The van der Waals surface area contributed by atoms with Gasteiger partial charge in [0, 0.05) is 12.1 Å². The molecule has 39 heavy (non-hydrogen) atoms. The van der Waals surface area contributed by atoms with Gasteiger partial charge in [0.25, 0.3) is 5.91 Å². The molecule has 2 unspecified atom stereocenters. The van der Waals surface area contributed by atoms with Crippen molar-refractivity contribution in [2.75, 3.05) is 13.7 Å². The number of nitrogens with one attached hydrogen (secondary N) is 1. The van der Waals surface area contributed by atoms with E-state index in [4.69, 9.17) is 18.9 Å². The zero-order valence-electron chi connectivity index (χ0n) is 23.3. The number of aliphatic hydroxyl groups excluding tert-OH is 1. The van der Waals surface area contributed by atoms with Crippen LogP contribution in [-0.2, 0) is 32.0 Å². The molecule has 3 amide bonds. The van der Waals surface area contributed by atoms with E-state index in [1.807, 2.05) is 30.3 Å². The third-order valence-corrected chi connectivity index (χ3v) is 5.93. The quantitative estimate of drug-likeness (QED) is 0.459. The Bertz CT molecular complexity index is 1150. The minimum absolute atomic E-state index is 0.0486. The fourth-order valence-electron chi connectivity index (χ4n) is 4.24. The van der Waals surface area contributed by atoms with E-state index in [1.165, 1.54) is 7.11 Å². The smallest absolute Gasteiger partial charge is 0.417 e. The van der Waals surface area contributed by atoms with Crippen molar-refractivity contribution in [3.63, 3.8) is 0 Å². The molecule has 0 aromatic heterocycles. The predicted molar refractivity (Wildman–Crippen MR) is 143 cm³/mol. The molecule has 0 aliphatic carbocycles. The summed E-state index contributed by atoms with van der Waals surface area (Å²) in [5, 5.41) is 14.0. The number of carbonyl (C=O) groups is 3. The number of hydrogen-bond acceptors (Lipinski definition) is 8. The highest BCUT2D eigenvalue weighted by Gasteiger charge is 2.44. The third-order valence-electron chi connectivity index (χ3n) is 5.93. The molecule has 212 valence electrons. The Labute approximate surface area is 229 Å². The van der Waals surface area contributed by atoms with Gasteiger partial charge in [-0.2, -0.15) is 0 Å². The average Bonchev–Trinajstić information content (AvgIpc) is 3.24. The maximum atomic E-state index is 13.7. The maximum absolute atomic E-state index is 13.7. The van der Waals surface area contributed by atoms with Crippen LogP contribution in [0.2, 0.25) is 0 Å². The van der Waals surface area contributed by atoms with Crippen LogP contribution in [0.3, 0.4) is 0 Å². The Morgan fingerprint density at radius 2 is 1.85 bits per heavy atom. The topological polar surface area (TPSA) is 124 Å². The second-order valence-electron chi connectivity index (χ2n) is 10.6. The van der Waals surface area contributed by atoms with Crippen LogP contribution in [0.1, 0.15) is 57.4 Å². The van der Waals surface area contributed by atoms with Crippen LogP contribution in [0.15, 0.2) is 48.5 Å². The van der Waals surface area contributed by atoms with Crippen molar-refractivity contribution in [3.8, 4) is 5.75 Å². The molecule has 2 N–H and O–H groups in total. The summed E-state index contributed by atoms with van der Waals surface area (Å²) in [6, 6.07) is 13.8. The molecule has 2 aromatic carbocycles. The van der Waals surface area contributed by atoms with Crippen LogP contribution in [0, 0.1) is 0 Å². The molecule has 0 bridgehead atoms. The minimum atomic E-state index is -1.42. The molecule has 10 heteroatoms. The molecular weight excluding hydrogens is 504 g/mol. The molecule has 1 saturated heterocycles. The highest BCUT2D eigenvalue weighted by atomic mass is 16.6. The van der Waals surface area contributed by atoms with Crippen molar-refractivity contribution in [3.05, 3.63) is 65.2 Å². The SMILES string of the molecule is COc1ccc(C(O)C(OC(C)C)C(=O)N2C(=O)OC[C@@H]2Cc2ccccc2)cc1CNC(=O)OC(C)(C)C. The number of hydrogen-bond donors (Lipinski definition) is 2. The first kappa shape index (κ1) is 29.9. The molecule has 1 fully saturated rings. The van der Waals surface area contributed by atoms with Gasteiger partial charge >= 0.3 is 12.2 Å². The lowest BCUT2D eigenvalue weighted by Gasteiger charge is -2.29. The van der Waals surface area contributed by atoms with Crippen molar-refractivity contribution in [1.29, 1.82) is 0 Å². The van der Waals surface area contributed by atoms with Crippen molar-refractivity contribution in [1.82, 2.24) is 10.2 Å². The Morgan fingerprint density at radius 3 is 2.46 bits per heavy atom. The normalized spacial score (nSPS) is 17.0. The summed E-state index contributed by atoms with van der Waals surface area (Å²) in [6.07, 6.45) is -4.20. The molecular formula is C29H38N2O8. The average molecular weight is 543 g/mol. The number of nitrogens with zero attached hydrogens (tertiary/aromatic N) is 1. The van der Waals surface area contributed by atoms with Gasteiger partial charge in [-0.15, -0.1) is 0 Å². The van der Waals surface area contributed by atoms with E-state index in [1.54, 1.807) is 52.8 Å². The zero-order chi connectivity index (χ0) is 28.7. The number of benzene rings is 2. The fourth-order valence-corrected chi connectivity index (χ4v) is 4.24. The van der Waals surface area contributed by atoms with Crippen LogP contribution < -0.4 is 10.1 Å². The van der Waals surface area contributed by atoms with Gasteiger partial charge < -0.3 is 29.4 Å². The van der Waals surface area contributed by atoms with Crippen molar-refractivity contribution >= 4 is 18.1 Å². The summed E-state index contributed by atoms with van der Waals surface area (Å²) in [7, 11) is 1.49. The number of rotatable bonds is 10. The Balaban J connectivity index is 1.84. The largest absolute Gasteiger partial charge is 0.496 e. The molecule has 3 rings (SSSR count). The highest BCUT2D eigenvalue weighted by Crippen LogP contribution is 2.29. The second-order valence-corrected chi connectivity index (χ2v) is 10.6. The van der Waals surface area contributed by atoms with Crippen LogP contribution in [-0.4, -0.2) is 65.7 Å². The Kier molecular flexibility index (Phi) is 9.93. The van der Waals surface area contributed by atoms with Gasteiger partial charge in [-0.05, 0) is 64.3 Å². The number of amides is 3. The van der Waals surface area contributed by atoms with E-state index in [9.17, 15) is 19.5 Å². The first-order chi connectivity index (χ1) is 18.4. The first-order valence-corrected chi connectivity index (χ1v) is 12.9. The maximum Gasteiger partial charge on any atom is 0.417 e. The van der Waals surface area contributed by atoms with Gasteiger partial charge in [0.1, 0.15) is 24.1 Å². The van der Waals surface area contributed by atoms with E-state index in [0.29, 0.717) is 23.3 Å². The van der Waals surface area contributed by atoms with E-state index in [2.05, 4.69) is 5.32 Å². The molecule has 1 aliphatic heterocycles. The van der Waals surface area contributed by atoms with Crippen molar-refractivity contribution in [2.45, 2.75) is 77.5 Å². The summed E-state index contributed by atoms with van der Waals surface area (Å²) in [4.78, 5) is 39.5. The molecule has 0 saturated carbocycles. The van der Waals surface area contributed by atoms with Gasteiger partial charge in [0.2, 0.25) is 0 Å². The van der Waals surface area contributed by atoms with Crippen molar-refractivity contribution < 1.29 is 38.4 Å².